The number of anilines is 3. The molecule has 2 radical (unpaired) electrons. The van der Waals surface area contributed by atoms with E-state index in [4.69, 9.17) is 0 Å². The zero-order valence-electron chi connectivity index (χ0n) is 23.4. The van der Waals surface area contributed by atoms with E-state index in [9.17, 15) is 0 Å². The number of nitrogens with zero attached hydrogens (tertiary/aromatic N) is 4. The van der Waals surface area contributed by atoms with Crippen LogP contribution in [0.5, 0.6) is 0 Å². The van der Waals surface area contributed by atoms with Crippen LogP contribution in [0.15, 0.2) is 97.2 Å². The zero-order chi connectivity index (χ0) is 27.4. The zero-order valence-corrected chi connectivity index (χ0v) is 26.7. The van der Waals surface area contributed by atoms with Gasteiger partial charge in [0.05, 0.1) is 9.52 Å². The van der Waals surface area contributed by atoms with Crippen molar-refractivity contribution in [2.45, 2.75) is 26.2 Å². The van der Waals surface area contributed by atoms with Gasteiger partial charge in [0.1, 0.15) is 5.82 Å². The number of benzene rings is 4. The molecule has 7 rings (SSSR count). The molecule has 6 aromatic rings. The van der Waals surface area contributed by atoms with E-state index in [2.05, 4.69) is 145 Å². The Morgan fingerprint density at radius 2 is 1.56 bits per heavy atom. The summed E-state index contributed by atoms with van der Waals surface area (Å²) in [5.41, 5.74) is 7.03. The summed E-state index contributed by atoms with van der Waals surface area (Å²) in [5.74, 6) is 0.917. The van der Waals surface area contributed by atoms with E-state index in [0.717, 1.165) is 22.5 Å². The van der Waals surface area contributed by atoms with Crippen LogP contribution in [0.3, 0.4) is 0 Å². The molecule has 0 saturated heterocycles. The van der Waals surface area contributed by atoms with Crippen LogP contribution >= 0.6 is 0 Å². The fraction of sp³-hybridized carbons (Fsp3) is 0.143. The molecule has 1 aliphatic rings. The number of pyridine rings is 1. The molecule has 0 fully saturated rings. The molecule has 0 atom stereocenters. The third-order valence-corrected chi connectivity index (χ3v) is 8.64. The Bertz CT molecular complexity index is 1870. The fourth-order valence-corrected chi connectivity index (χ4v) is 6.57. The maximum Gasteiger partial charge on any atom is 0.126 e. The summed E-state index contributed by atoms with van der Waals surface area (Å²) in [4.78, 5) is 9.08. The minimum atomic E-state index is 0. The summed E-state index contributed by atoms with van der Waals surface area (Å²) in [6.07, 6.45) is 1.85. The molecule has 0 amide bonds. The van der Waals surface area contributed by atoms with E-state index in [0.29, 0.717) is 9.52 Å². The number of fused-ring (bicyclic) bond motifs is 4. The van der Waals surface area contributed by atoms with Crippen LogP contribution in [0.4, 0.5) is 17.1 Å². The molecule has 0 spiro atoms. The molecule has 0 N–H and O–H groups in total. The van der Waals surface area contributed by atoms with E-state index in [-0.39, 0.29) is 26.5 Å². The molecule has 6 heteroatoms. The Hall–Kier alpha value is -3.66. The first kappa shape index (κ1) is 27.5. The van der Waals surface area contributed by atoms with E-state index in [1.807, 2.05) is 18.3 Å². The van der Waals surface area contributed by atoms with Crippen LogP contribution in [0.1, 0.15) is 26.3 Å². The normalized spacial score (nSPS) is 13.1. The van der Waals surface area contributed by atoms with Crippen molar-refractivity contribution < 1.29 is 21.1 Å². The van der Waals surface area contributed by atoms with Gasteiger partial charge in [0.25, 0.3) is 0 Å². The van der Waals surface area contributed by atoms with Crippen molar-refractivity contribution in [2.24, 2.45) is 0 Å². The summed E-state index contributed by atoms with van der Waals surface area (Å²) in [5, 5.41) is 4.81. The third kappa shape index (κ3) is 4.92. The van der Waals surface area contributed by atoms with E-state index < -0.39 is 0 Å². The molecule has 0 bridgehead atoms. The standard InChI is InChI=1S/C35H29N4Si.Pt/c1-35(2,3)24-19-25(38-23-37(4)32-13-7-8-14-33(32)38)21-27(20-24)40-26-16-17-31-29(22-26)28-11-5-6-12-30(28)39(31)34-15-9-10-18-36-34;/h5-15,17-20,22-23H,1-4H3;/q-3;. The first-order valence-corrected chi connectivity index (χ1v) is 14.5. The molecular formula is C35H29N4PtSi-3. The smallest absolute Gasteiger partial charge is 0.126 e. The van der Waals surface area contributed by atoms with Gasteiger partial charge >= 0.3 is 0 Å². The second kappa shape index (κ2) is 10.6. The molecule has 0 saturated carbocycles. The van der Waals surface area contributed by atoms with Gasteiger partial charge in [-0.2, -0.15) is 52.9 Å². The first-order chi connectivity index (χ1) is 19.4. The molecule has 4 aromatic carbocycles. The summed E-state index contributed by atoms with van der Waals surface area (Å²) in [6, 6.07) is 39.6. The van der Waals surface area contributed by atoms with E-state index >= 15 is 0 Å². The Labute approximate surface area is 258 Å². The van der Waals surface area contributed by atoms with E-state index in [1.165, 1.54) is 38.1 Å². The van der Waals surface area contributed by atoms with Gasteiger partial charge in [-0.05, 0) is 48.2 Å². The van der Waals surface area contributed by atoms with Crippen molar-refractivity contribution in [3.05, 3.63) is 122 Å². The fourth-order valence-electron chi connectivity index (χ4n) is 5.50. The quantitative estimate of drug-likeness (QED) is 0.155. The molecule has 41 heavy (non-hydrogen) atoms. The Morgan fingerprint density at radius 1 is 0.805 bits per heavy atom. The summed E-state index contributed by atoms with van der Waals surface area (Å²) < 4.78 is 2.23. The van der Waals surface area contributed by atoms with Crippen LogP contribution in [-0.4, -0.2) is 26.1 Å². The van der Waals surface area contributed by atoms with E-state index in [1.54, 1.807) is 0 Å². The second-order valence-corrected chi connectivity index (χ2v) is 12.6. The molecule has 0 aliphatic carbocycles. The molecular weight excluding hydrogens is 700 g/mol. The number of hydrogen-bond acceptors (Lipinski definition) is 3. The van der Waals surface area contributed by atoms with Crippen LogP contribution in [0.25, 0.3) is 27.6 Å². The topological polar surface area (TPSA) is 24.3 Å². The van der Waals surface area contributed by atoms with Gasteiger partial charge in [-0.15, -0.1) is 17.1 Å². The number of rotatable bonds is 4. The number of hydrogen-bond donors (Lipinski definition) is 0. The number of aromatic nitrogens is 2. The van der Waals surface area contributed by atoms with Crippen LogP contribution in [0.2, 0.25) is 0 Å². The molecule has 3 heterocycles. The number of para-hydroxylation sites is 3. The average molecular weight is 729 g/mol. The Morgan fingerprint density at radius 3 is 2.34 bits per heavy atom. The van der Waals surface area contributed by atoms with Gasteiger partial charge < -0.3 is 14.4 Å². The van der Waals surface area contributed by atoms with Gasteiger partial charge in [-0.3, -0.25) is 0 Å². The van der Waals surface area contributed by atoms with Crippen molar-refractivity contribution >= 4 is 58.8 Å². The monoisotopic (exact) mass is 728 g/mol. The van der Waals surface area contributed by atoms with Crippen LogP contribution in [-0.2, 0) is 26.5 Å². The largest absolute Gasteiger partial charge is 0.504 e. The van der Waals surface area contributed by atoms with Gasteiger partial charge in [-0.1, -0.05) is 62.7 Å². The molecule has 2 aromatic heterocycles. The van der Waals surface area contributed by atoms with Crippen LogP contribution < -0.4 is 20.2 Å². The summed E-state index contributed by atoms with van der Waals surface area (Å²) in [6.45, 7) is 8.98. The van der Waals surface area contributed by atoms with Gasteiger partial charge in [0.15, 0.2) is 0 Å². The maximum atomic E-state index is 4.65. The van der Waals surface area contributed by atoms with Gasteiger partial charge in [-0.25, -0.2) is 4.98 Å². The first-order valence-electron chi connectivity index (χ1n) is 13.5. The van der Waals surface area contributed by atoms with Crippen molar-refractivity contribution in [1.82, 2.24) is 9.55 Å². The molecule has 0 unspecified atom stereocenters. The summed E-state index contributed by atoms with van der Waals surface area (Å²) >= 11 is 0. The second-order valence-electron chi connectivity index (χ2n) is 11.3. The average Bonchev–Trinajstić information content (AvgIpc) is 3.48. The van der Waals surface area contributed by atoms with Crippen molar-refractivity contribution in [1.29, 1.82) is 0 Å². The minimum Gasteiger partial charge on any atom is -0.504 e. The van der Waals surface area contributed by atoms with Crippen LogP contribution in [0, 0.1) is 18.8 Å². The SMILES string of the molecule is CN1[CH-]N(c2[c-]c([Si]c3[c-]cc4c(c3)c3ccccc3n4-c3ccccn3)cc(C(C)(C)C)c2)c2ccccc21.[Pt]. The molecule has 1 aliphatic heterocycles. The predicted molar refractivity (Wildman–Crippen MR) is 168 cm³/mol. The van der Waals surface area contributed by atoms with Crippen molar-refractivity contribution in [3.63, 3.8) is 0 Å². The minimum absolute atomic E-state index is 0. The van der Waals surface area contributed by atoms with Gasteiger partial charge in [0.2, 0.25) is 0 Å². The maximum absolute atomic E-state index is 4.65. The summed E-state index contributed by atoms with van der Waals surface area (Å²) in [7, 11) is 2.53. The molecule has 4 nitrogen and oxygen atoms in total. The Balaban J connectivity index is 0.00000302. The van der Waals surface area contributed by atoms with Crippen molar-refractivity contribution in [3.8, 4) is 5.82 Å². The van der Waals surface area contributed by atoms with Gasteiger partial charge in [0, 0.05) is 44.2 Å². The molecule has 206 valence electrons. The Kier molecular flexibility index (Phi) is 7.13. The predicted octanol–water partition coefficient (Wildman–Crippen LogP) is 6.44. The third-order valence-electron chi connectivity index (χ3n) is 7.54. The van der Waals surface area contributed by atoms with Crippen molar-refractivity contribution in [2.75, 3.05) is 16.8 Å².